The van der Waals surface area contributed by atoms with Gasteiger partial charge in [-0.25, -0.2) is 0 Å². The molecule has 0 aliphatic rings. The summed E-state index contributed by atoms with van der Waals surface area (Å²) < 4.78 is 1.55. The SMILES string of the molecule is O=C(CCC(=O)n1ccc2ccccc21)Nc1nn[nH]n1. The fourth-order valence-corrected chi connectivity index (χ4v) is 2.04. The Morgan fingerprint density at radius 3 is 2.86 bits per heavy atom. The number of anilines is 1. The van der Waals surface area contributed by atoms with Gasteiger partial charge in [-0.2, -0.15) is 5.21 Å². The van der Waals surface area contributed by atoms with Crippen molar-refractivity contribution in [3.05, 3.63) is 36.5 Å². The number of H-pyrrole nitrogens is 1. The standard InChI is InChI=1S/C13H12N6O2/c20-11(14-13-15-17-18-16-13)5-6-12(21)19-8-7-9-3-1-2-4-10(9)19/h1-4,7-8H,5-6H2,(H2,14,15,16,17,18,20). The van der Waals surface area contributed by atoms with Crippen molar-refractivity contribution in [1.29, 1.82) is 0 Å². The average molecular weight is 284 g/mol. The molecule has 0 spiro atoms. The van der Waals surface area contributed by atoms with Gasteiger partial charge in [0, 0.05) is 24.4 Å². The number of nitrogens with one attached hydrogen (secondary N) is 2. The second-order valence-electron chi connectivity index (χ2n) is 4.42. The largest absolute Gasteiger partial charge is 0.292 e. The van der Waals surface area contributed by atoms with Crippen LogP contribution in [0.5, 0.6) is 0 Å². The van der Waals surface area contributed by atoms with Gasteiger partial charge in [0.2, 0.25) is 11.8 Å². The number of carbonyl (C=O) groups excluding carboxylic acids is 2. The number of carbonyl (C=O) groups is 2. The molecule has 21 heavy (non-hydrogen) atoms. The molecule has 0 unspecified atom stereocenters. The molecule has 106 valence electrons. The van der Waals surface area contributed by atoms with E-state index in [9.17, 15) is 9.59 Å². The molecule has 8 nitrogen and oxygen atoms in total. The Bertz CT molecular complexity index is 777. The summed E-state index contributed by atoms with van der Waals surface area (Å²) >= 11 is 0. The first kappa shape index (κ1) is 13.0. The van der Waals surface area contributed by atoms with Crippen molar-refractivity contribution >= 4 is 28.7 Å². The Labute approximate surface area is 119 Å². The van der Waals surface area contributed by atoms with Crippen LogP contribution in [0.15, 0.2) is 36.5 Å². The van der Waals surface area contributed by atoms with E-state index in [4.69, 9.17) is 0 Å². The van der Waals surface area contributed by atoms with Crippen molar-refractivity contribution in [1.82, 2.24) is 25.2 Å². The number of benzene rings is 1. The molecule has 0 bridgehead atoms. The highest BCUT2D eigenvalue weighted by Crippen LogP contribution is 2.15. The number of hydrogen-bond donors (Lipinski definition) is 2. The summed E-state index contributed by atoms with van der Waals surface area (Å²) in [5.41, 5.74) is 0.834. The van der Waals surface area contributed by atoms with Crippen LogP contribution in [0.3, 0.4) is 0 Å². The molecule has 0 fully saturated rings. The van der Waals surface area contributed by atoms with Gasteiger partial charge in [0.25, 0.3) is 5.95 Å². The van der Waals surface area contributed by atoms with E-state index in [0.29, 0.717) is 0 Å². The summed E-state index contributed by atoms with van der Waals surface area (Å²) in [6.45, 7) is 0. The first-order valence-corrected chi connectivity index (χ1v) is 6.36. The zero-order chi connectivity index (χ0) is 14.7. The van der Waals surface area contributed by atoms with Crippen molar-refractivity contribution < 1.29 is 9.59 Å². The third-order valence-electron chi connectivity index (χ3n) is 3.03. The van der Waals surface area contributed by atoms with Crippen LogP contribution in [0.4, 0.5) is 5.95 Å². The topological polar surface area (TPSA) is 106 Å². The summed E-state index contributed by atoms with van der Waals surface area (Å²) in [6, 6.07) is 9.45. The molecule has 0 atom stereocenters. The summed E-state index contributed by atoms with van der Waals surface area (Å²) in [6.07, 6.45) is 1.87. The van der Waals surface area contributed by atoms with Crippen molar-refractivity contribution in [2.75, 3.05) is 5.32 Å². The fourth-order valence-electron chi connectivity index (χ4n) is 2.04. The van der Waals surface area contributed by atoms with E-state index >= 15 is 0 Å². The zero-order valence-electron chi connectivity index (χ0n) is 11.0. The van der Waals surface area contributed by atoms with Crippen LogP contribution in [0.1, 0.15) is 17.6 Å². The minimum absolute atomic E-state index is 0.0554. The number of para-hydroxylation sites is 1. The van der Waals surface area contributed by atoms with Crippen molar-refractivity contribution in [3.63, 3.8) is 0 Å². The van der Waals surface area contributed by atoms with Gasteiger partial charge in [0.15, 0.2) is 0 Å². The Kier molecular flexibility index (Phi) is 3.42. The molecule has 3 rings (SSSR count). The normalized spacial score (nSPS) is 10.7. The van der Waals surface area contributed by atoms with Crippen molar-refractivity contribution in [3.8, 4) is 0 Å². The van der Waals surface area contributed by atoms with Crippen LogP contribution in [0.25, 0.3) is 10.9 Å². The van der Waals surface area contributed by atoms with Crippen LogP contribution in [-0.4, -0.2) is 37.0 Å². The lowest BCUT2D eigenvalue weighted by Gasteiger charge is -2.04. The Morgan fingerprint density at radius 1 is 1.19 bits per heavy atom. The number of aromatic amines is 1. The highest BCUT2D eigenvalue weighted by molar-refractivity contribution is 5.96. The second kappa shape index (κ2) is 5.53. The second-order valence-corrected chi connectivity index (χ2v) is 4.42. The molecule has 0 saturated carbocycles. The van der Waals surface area contributed by atoms with E-state index in [0.717, 1.165) is 10.9 Å². The molecule has 1 aromatic carbocycles. The van der Waals surface area contributed by atoms with Crippen LogP contribution in [0, 0.1) is 0 Å². The van der Waals surface area contributed by atoms with Crippen LogP contribution >= 0.6 is 0 Å². The molecular formula is C13H12N6O2. The summed E-state index contributed by atoms with van der Waals surface area (Å²) in [5, 5.41) is 16.2. The van der Waals surface area contributed by atoms with E-state index in [1.54, 1.807) is 10.8 Å². The van der Waals surface area contributed by atoms with Gasteiger partial charge in [-0.15, -0.1) is 5.10 Å². The molecule has 1 amide bonds. The van der Waals surface area contributed by atoms with Gasteiger partial charge < -0.3 is 0 Å². The summed E-state index contributed by atoms with van der Waals surface area (Å²) in [4.78, 5) is 23.8. The van der Waals surface area contributed by atoms with E-state index in [-0.39, 0.29) is 30.6 Å². The third-order valence-corrected chi connectivity index (χ3v) is 3.03. The Balaban J connectivity index is 1.63. The van der Waals surface area contributed by atoms with Crippen LogP contribution in [0.2, 0.25) is 0 Å². The maximum atomic E-state index is 12.2. The maximum Gasteiger partial charge on any atom is 0.269 e. The number of hydrogen-bond acceptors (Lipinski definition) is 5. The highest BCUT2D eigenvalue weighted by atomic mass is 16.2. The molecule has 2 aromatic heterocycles. The van der Waals surface area contributed by atoms with Crippen LogP contribution < -0.4 is 5.32 Å². The van der Waals surface area contributed by atoms with Crippen molar-refractivity contribution in [2.24, 2.45) is 0 Å². The molecule has 3 aromatic rings. The Morgan fingerprint density at radius 2 is 2.05 bits per heavy atom. The number of amides is 1. The first-order chi connectivity index (χ1) is 10.2. The predicted molar refractivity (Wildman–Crippen MR) is 74.6 cm³/mol. The van der Waals surface area contributed by atoms with Gasteiger partial charge >= 0.3 is 0 Å². The van der Waals surface area contributed by atoms with Gasteiger partial charge in [-0.1, -0.05) is 23.3 Å². The molecular weight excluding hydrogens is 272 g/mol. The Hall–Kier alpha value is -3.03. The monoisotopic (exact) mass is 284 g/mol. The molecule has 0 aliphatic carbocycles. The minimum atomic E-state index is -0.332. The fraction of sp³-hybridized carbons (Fsp3) is 0.154. The quantitative estimate of drug-likeness (QED) is 0.749. The average Bonchev–Trinajstić information content (AvgIpc) is 3.13. The smallest absolute Gasteiger partial charge is 0.269 e. The molecule has 8 heteroatoms. The predicted octanol–water partition coefficient (Wildman–Crippen LogP) is 1.21. The number of nitrogens with zero attached hydrogens (tertiary/aromatic N) is 4. The molecule has 2 heterocycles. The van der Waals surface area contributed by atoms with E-state index in [1.165, 1.54) is 0 Å². The maximum absolute atomic E-state index is 12.2. The van der Waals surface area contributed by atoms with E-state index < -0.39 is 0 Å². The van der Waals surface area contributed by atoms with Gasteiger partial charge in [-0.3, -0.25) is 19.5 Å². The number of aromatic nitrogens is 5. The van der Waals surface area contributed by atoms with Gasteiger partial charge in [-0.05, 0) is 17.3 Å². The third kappa shape index (κ3) is 2.78. The lowest BCUT2D eigenvalue weighted by molar-refractivity contribution is -0.116. The first-order valence-electron chi connectivity index (χ1n) is 6.36. The van der Waals surface area contributed by atoms with E-state index in [2.05, 4.69) is 25.9 Å². The highest BCUT2D eigenvalue weighted by Gasteiger charge is 2.12. The number of tetrazole rings is 1. The minimum Gasteiger partial charge on any atom is -0.292 e. The lowest BCUT2D eigenvalue weighted by atomic mass is 10.2. The lowest BCUT2D eigenvalue weighted by Crippen LogP contribution is -2.16. The summed E-state index contributed by atoms with van der Waals surface area (Å²) in [5.74, 6) is -0.375. The van der Waals surface area contributed by atoms with Gasteiger partial charge in [0.1, 0.15) is 0 Å². The van der Waals surface area contributed by atoms with Crippen LogP contribution in [-0.2, 0) is 4.79 Å². The molecule has 0 radical (unpaired) electrons. The zero-order valence-corrected chi connectivity index (χ0v) is 11.0. The molecule has 2 N–H and O–H groups in total. The van der Waals surface area contributed by atoms with Gasteiger partial charge in [0.05, 0.1) is 5.52 Å². The molecule has 0 saturated heterocycles. The summed E-state index contributed by atoms with van der Waals surface area (Å²) in [7, 11) is 0. The number of fused-ring (bicyclic) bond motifs is 1. The number of rotatable bonds is 4. The molecule has 0 aliphatic heterocycles. The van der Waals surface area contributed by atoms with Crippen molar-refractivity contribution in [2.45, 2.75) is 12.8 Å². The van der Waals surface area contributed by atoms with E-state index in [1.807, 2.05) is 30.3 Å².